The molecule has 0 saturated heterocycles. The summed E-state index contributed by atoms with van der Waals surface area (Å²) in [6.07, 6.45) is 0.899. The van der Waals surface area contributed by atoms with Crippen LogP contribution in [-0.4, -0.2) is 42.0 Å². The number of amides is 1. The summed E-state index contributed by atoms with van der Waals surface area (Å²) in [6, 6.07) is 0. The normalized spacial score (nSPS) is 12.2. The molecule has 0 fully saturated rings. The maximum atomic E-state index is 11.8. The standard InChI is InChI=1S/C16H29N5OS/c1-7-17-15(19-10-14(22)21-16(4,5)6)18-9-8-13-11(2)20-12(3)23-13/h7-10H2,1-6H3,(H,21,22)(H2,17,18,19). The number of nitrogens with one attached hydrogen (secondary N) is 3. The lowest BCUT2D eigenvalue weighted by molar-refractivity contribution is -0.121. The van der Waals surface area contributed by atoms with Crippen LogP contribution in [0.25, 0.3) is 0 Å². The zero-order valence-electron chi connectivity index (χ0n) is 15.0. The average Bonchev–Trinajstić information content (AvgIpc) is 2.72. The molecule has 0 aromatic carbocycles. The highest BCUT2D eigenvalue weighted by Gasteiger charge is 2.13. The van der Waals surface area contributed by atoms with Crippen LogP contribution < -0.4 is 16.0 Å². The minimum atomic E-state index is -0.236. The topological polar surface area (TPSA) is 78.4 Å². The summed E-state index contributed by atoms with van der Waals surface area (Å²) < 4.78 is 0. The number of carbonyl (C=O) groups excluding carboxylic acids is 1. The second-order valence-corrected chi connectivity index (χ2v) is 7.70. The van der Waals surface area contributed by atoms with Crippen molar-refractivity contribution in [2.75, 3.05) is 19.6 Å². The van der Waals surface area contributed by atoms with E-state index in [-0.39, 0.29) is 18.0 Å². The predicted molar refractivity (Wildman–Crippen MR) is 97.2 cm³/mol. The maximum absolute atomic E-state index is 11.8. The van der Waals surface area contributed by atoms with Crippen molar-refractivity contribution in [2.45, 2.75) is 53.5 Å². The van der Waals surface area contributed by atoms with E-state index >= 15 is 0 Å². The first-order chi connectivity index (χ1) is 10.7. The zero-order chi connectivity index (χ0) is 17.5. The summed E-state index contributed by atoms with van der Waals surface area (Å²) >= 11 is 1.73. The molecule has 0 atom stereocenters. The summed E-state index contributed by atoms with van der Waals surface area (Å²) in [5, 5.41) is 10.4. The summed E-state index contributed by atoms with van der Waals surface area (Å²) in [4.78, 5) is 21.9. The highest BCUT2D eigenvalue weighted by Crippen LogP contribution is 2.16. The van der Waals surface area contributed by atoms with E-state index in [2.05, 4.69) is 25.9 Å². The molecular formula is C16H29N5OS. The van der Waals surface area contributed by atoms with E-state index in [1.807, 2.05) is 41.5 Å². The van der Waals surface area contributed by atoms with Crippen LogP contribution >= 0.6 is 11.3 Å². The average molecular weight is 340 g/mol. The van der Waals surface area contributed by atoms with Crippen LogP contribution in [0.5, 0.6) is 0 Å². The Morgan fingerprint density at radius 2 is 1.96 bits per heavy atom. The molecule has 3 N–H and O–H groups in total. The van der Waals surface area contributed by atoms with Crippen molar-refractivity contribution in [1.29, 1.82) is 0 Å². The molecule has 0 aliphatic carbocycles. The van der Waals surface area contributed by atoms with Gasteiger partial charge in [-0.15, -0.1) is 11.3 Å². The van der Waals surface area contributed by atoms with Gasteiger partial charge in [-0.25, -0.2) is 9.98 Å². The Bertz CT molecular complexity index is 545. The van der Waals surface area contributed by atoms with Crippen LogP contribution in [-0.2, 0) is 11.2 Å². The van der Waals surface area contributed by atoms with Gasteiger partial charge in [0.25, 0.3) is 0 Å². The molecule has 0 aliphatic rings. The van der Waals surface area contributed by atoms with Gasteiger partial charge in [0.2, 0.25) is 5.91 Å². The van der Waals surface area contributed by atoms with E-state index in [9.17, 15) is 4.79 Å². The molecule has 0 unspecified atom stereocenters. The number of guanidine groups is 1. The van der Waals surface area contributed by atoms with Gasteiger partial charge in [0, 0.05) is 29.9 Å². The van der Waals surface area contributed by atoms with Crippen molar-refractivity contribution < 1.29 is 4.79 Å². The number of hydrogen-bond acceptors (Lipinski definition) is 4. The van der Waals surface area contributed by atoms with E-state index < -0.39 is 0 Å². The Morgan fingerprint density at radius 1 is 1.26 bits per heavy atom. The first-order valence-corrected chi connectivity index (χ1v) is 8.79. The Labute approximate surface area is 143 Å². The van der Waals surface area contributed by atoms with E-state index in [1.54, 1.807) is 11.3 Å². The number of aromatic nitrogens is 1. The lowest BCUT2D eigenvalue weighted by Crippen LogP contribution is -2.43. The van der Waals surface area contributed by atoms with E-state index in [4.69, 9.17) is 0 Å². The fourth-order valence-corrected chi connectivity index (χ4v) is 2.99. The van der Waals surface area contributed by atoms with Crippen LogP contribution in [0.4, 0.5) is 0 Å². The predicted octanol–water partition coefficient (Wildman–Crippen LogP) is 1.77. The highest BCUT2D eigenvalue weighted by atomic mass is 32.1. The molecule has 6 nitrogen and oxygen atoms in total. The van der Waals surface area contributed by atoms with Gasteiger partial charge < -0.3 is 16.0 Å². The van der Waals surface area contributed by atoms with Gasteiger partial charge in [0.15, 0.2) is 5.96 Å². The van der Waals surface area contributed by atoms with Crippen LogP contribution in [0.1, 0.15) is 43.3 Å². The molecule has 0 aliphatic heterocycles. The van der Waals surface area contributed by atoms with E-state index in [0.29, 0.717) is 5.96 Å². The molecule has 1 aromatic heterocycles. The van der Waals surface area contributed by atoms with Crippen LogP contribution in [0.15, 0.2) is 4.99 Å². The number of aryl methyl sites for hydroxylation is 2. The second kappa shape index (κ2) is 8.86. The fourth-order valence-electron chi connectivity index (χ4n) is 2.05. The third-order valence-electron chi connectivity index (χ3n) is 2.88. The Morgan fingerprint density at radius 3 is 2.48 bits per heavy atom. The van der Waals surface area contributed by atoms with Crippen molar-refractivity contribution in [2.24, 2.45) is 4.99 Å². The SMILES string of the molecule is CCNC(=NCC(=O)NC(C)(C)C)NCCc1sc(C)nc1C. The molecule has 0 spiro atoms. The van der Waals surface area contributed by atoms with E-state index in [0.717, 1.165) is 30.2 Å². The molecule has 0 saturated carbocycles. The van der Waals surface area contributed by atoms with Crippen molar-refractivity contribution in [3.8, 4) is 0 Å². The van der Waals surface area contributed by atoms with Crippen molar-refractivity contribution in [3.05, 3.63) is 15.6 Å². The summed E-state index contributed by atoms with van der Waals surface area (Å²) in [5.41, 5.74) is 0.862. The highest BCUT2D eigenvalue weighted by molar-refractivity contribution is 7.11. The van der Waals surface area contributed by atoms with Gasteiger partial charge in [-0.2, -0.15) is 0 Å². The quantitative estimate of drug-likeness (QED) is 0.545. The molecule has 1 rings (SSSR count). The van der Waals surface area contributed by atoms with E-state index in [1.165, 1.54) is 4.88 Å². The maximum Gasteiger partial charge on any atom is 0.242 e. The van der Waals surface area contributed by atoms with Crippen molar-refractivity contribution in [3.63, 3.8) is 0 Å². The fraction of sp³-hybridized carbons (Fsp3) is 0.688. The molecule has 1 amide bonds. The van der Waals surface area contributed by atoms with Gasteiger partial charge in [0.1, 0.15) is 6.54 Å². The Balaban J connectivity index is 2.49. The third-order valence-corrected chi connectivity index (χ3v) is 4.02. The number of carbonyl (C=O) groups is 1. The summed E-state index contributed by atoms with van der Waals surface area (Å²) in [7, 11) is 0. The zero-order valence-corrected chi connectivity index (χ0v) is 15.9. The first-order valence-electron chi connectivity index (χ1n) is 7.97. The molecule has 130 valence electrons. The minimum absolute atomic E-state index is 0.0800. The van der Waals surface area contributed by atoms with Crippen LogP contribution in [0, 0.1) is 13.8 Å². The number of nitrogens with zero attached hydrogens (tertiary/aromatic N) is 2. The lowest BCUT2D eigenvalue weighted by Gasteiger charge is -2.20. The van der Waals surface area contributed by atoms with Crippen molar-refractivity contribution >= 4 is 23.2 Å². The van der Waals surface area contributed by atoms with Gasteiger partial charge in [-0.05, 0) is 41.5 Å². The number of hydrogen-bond donors (Lipinski definition) is 3. The summed E-state index contributed by atoms with van der Waals surface area (Å²) in [6.45, 7) is 13.6. The molecule has 0 bridgehead atoms. The van der Waals surface area contributed by atoms with Crippen LogP contribution in [0.2, 0.25) is 0 Å². The molecule has 7 heteroatoms. The van der Waals surface area contributed by atoms with Gasteiger partial charge >= 0.3 is 0 Å². The monoisotopic (exact) mass is 339 g/mol. The van der Waals surface area contributed by atoms with Gasteiger partial charge in [-0.1, -0.05) is 0 Å². The molecule has 1 aromatic rings. The number of thiazole rings is 1. The number of aliphatic imine (C=N–C) groups is 1. The Kier molecular flexibility index (Phi) is 7.48. The largest absolute Gasteiger partial charge is 0.357 e. The van der Waals surface area contributed by atoms with Gasteiger partial charge in [0.05, 0.1) is 10.7 Å². The third kappa shape index (κ3) is 7.97. The number of rotatable bonds is 6. The summed E-state index contributed by atoms with van der Waals surface area (Å²) in [5.74, 6) is 0.582. The molecule has 1 heterocycles. The molecule has 0 radical (unpaired) electrons. The second-order valence-electron chi connectivity index (χ2n) is 6.41. The first kappa shape index (κ1) is 19.4. The van der Waals surface area contributed by atoms with Crippen LogP contribution in [0.3, 0.4) is 0 Å². The Hall–Kier alpha value is -1.63. The lowest BCUT2D eigenvalue weighted by atomic mass is 10.1. The smallest absolute Gasteiger partial charge is 0.242 e. The van der Waals surface area contributed by atoms with Crippen molar-refractivity contribution in [1.82, 2.24) is 20.9 Å². The minimum Gasteiger partial charge on any atom is -0.357 e. The molecular weight excluding hydrogens is 310 g/mol. The molecule has 23 heavy (non-hydrogen) atoms. The van der Waals surface area contributed by atoms with Gasteiger partial charge in [-0.3, -0.25) is 4.79 Å².